The molecule has 1 aliphatic rings. The zero-order valence-corrected chi connectivity index (χ0v) is 13.5. The lowest BCUT2D eigenvalue weighted by Gasteiger charge is -2.38. The molecule has 1 fully saturated rings. The Hall–Kier alpha value is -3.23. The number of amides is 2. The second-order valence-corrected chi connectivity index (χ2v) is 5.64. The summed E-state index contributed by atoms with van der Waals surface area (Å²) in [6.07, 6.45) is 1.99. The minimum absolute atomic E-state index is 0.221. The third-order valence-electron chi connectivity index (χ3n) is 4.22. The summed E-state index contributed by atoms with van der Waals surface area (Å²) >= 11 is 0. The van der Waals surface area contributed by atoms with Gasteiger partial charge in [0.1, 0.15) is 23.8 Å². The Morgan fingerprint density at radius 1 is 1.40 bits per heavy atom. The van der Waals surface area contributed by atoms with Crippen molar-refractivity contribution in [3.8, 4) is 0 Å². The summed E-state index contributed by atoms with van der Waals surface area (Å²) in [7, 11) is 1.25. The van der Waals surface area contributed by atoms with Crippen LogP contribution >= 0.6 is 0 Å². The lowest BCUT2D eigenvalue weighted by Crippen LogP contribution is -2.56. The maximum absolute atomic E-state index is 12.5. The topological polar surface area (TPSA) is 125 Å². The summed E-state index contributed by atoms with van der Waals surface area (Å²) in [5.41, 5.74) is 4.60. The van der Waals surface area contributed by atoms with Crippen LogP contribution in [0.3, 0.4) is 0 Å². The summed E-state index contributed by atoms with van der Waals surface area (Å²) in [5, 5.41) is 0.511. The number of carbonyl (C=O) groups excluding carboxylic acids is 3. The average Bonchev–Trinajstić information content (AvgIpc) is 2.55. The molecule has 3 heterocycles. The van der Waals surface area contributed by atoms with E-state index in [-0.39, 0.29) is 17.8 Å². The van der Waals surface area contributed by atoms with Crippen molar-refractivity contribution in [2.24, 2.45) is 5.73 Å². The number of hydrogen-bond acceptors (Lipinski definition) is 6. The highest BCUT2D eigenvalue weighted by Gasteiger charge is 2.38. The zero-order valence-electron chi connectivity index (χ0n) is 13.5. The molecule has 2 amide bonds. The highest BCUT2D eigenvalue weighted by Crippen LogP contribution is 2.19. The minimum Gasteiger partial charge on any atom is -0.467 e. The van der Waals surface area contributed by atoms with Crippen molar-refractivity contribution in [2.45, 2.75) is 19.0 Å². The quantitative estimate of drug-likeness (QED) is 0.729. The van der Waals surface area contributed by atoms with Gasteiger partial charge in [-0.3, -0.25) is 19.0 Å². The molecule has 9 heteroatoms. The predicted octanol–water partition coefficient (Wildman–Crippen LogP) is -0.731. The fourth-order valence-electron chi connectivity index (χ4n) is 2.82. The van der Waals surface area contributed by atoms with Crippen LogP contribution < -0.4 is 11.3 Å². The lowest BCUT2D eigenvalue weighted by atomic mass is 10.0. The Labute approximate surface area is 142 Å². The van der Waals surface area contributed by atoms with Crippen molar-refractivity contribution in [2.75, 3.05) is 13.7 Å². The first kappa shape index (κ1) is 16.6. The third-order valence-corrected chi connectivity index (χ3v) is 4.22. The molecule has 0 saturated carbocycles. The van der Waals surface area contributed by atoms with Crippen molar-refractivity contribution < 1.29 is 19.1 Å². The molecule has 1 aliphatic heterocycles. The van der Waals surface area contributed by atoms with Crippen LogP contribution in [0, 0.1) is 0 Å². The first-order valence-electron chi connectivity index (χ1n) is 7.59. The van der Waals surface area contributed by atoms with Gasteiger partial charge >= 0.3 is 5.97 Å². The molecule has 0 radical (unpaired) electrons. The van der Waals surface area contributed by atoms with E-state index in [4.69, 9.17) is 5.73 Å². The van der Waals surface area contributed by atoms with E-state index in [1.165, 1.54) is 24.3 Å². The van der Waals surface area contributed by atoms with Gasteiger partial charge in [0.2, 0.25) is 5.91 Å². The summed E-state index contributed by atoms with van der Waals surface area (Å²) in [4.78, 5) is 53.6. The number of hydrogen-bond donors (Lipinski definition) is 1. The van der Waals surface area contributed by atoms with Crippen LogP contribution in [0.15, 0.2) is 29.2 Å². The summed E-state index contributed by atoms with van der Waals surface area (Å²) in [5.74, 6) is -1.81. The smallest absolute Gasteiger partial charge is 0.328 e. The Bertz CT molecular complexity index is 936. The van der Waals surface area contributed by atoms with E-state index < -0.39 is 29.4 Å². The zero-order chi connectivity index (χ0) is 18.1. The molecule has 1 saturated heterocycles. The van der Waals surface area contributed by atoms with E-state index in [0.717, 1.165) is 4.57 Å². The molecule has 1 atom stereocenters. The Morgan fingerprint density at radius 3 is 2.76 bits per heavy atom. The first-order chi connectivity index (χ1) is 11.9. The van der Waals surface area contributed by atoms with E-state index in [0.29, 0.717) is 18.4 Å². The van der Waals surface area contributed by atoms with Gasteiger partial charge in [0, 0.05) is 18.1 Å². The maximum atomic E-state index is 12.5. The van der Waals surface area contributed by atoms with Gasteiger partial charge in [-0.15, -0.1) is 0 Å². The number of methoxy groups -OCH3 is 1. The van der Waals surface area contributed by atoms with E-state index in [1.807, 2.05) is 0 Å². The van der Waals surface area contributed by atoms with Crippen molar-refractivity contribution in [1.82, 2.24) is 14.5 Å². The fourth-order valence-corrected chi connectivity index (χ4v) is 2.82. The van der Waals surface area contributed by atoms with Gasteiger partial charge in [-0.05, 0) is 24.6 Å². The number of pyridine rings is 2. The van der Waals surface area contributed by atoms with Crippen molar-refractivity contribution in [1.29, 1.82) is 0 Å². The van der Waals surface area contributed by atoms with Gasteiger partial charge in [-0.2, -0.15) is 0 Å². The van der Waals surface area contributed by atoms with Crippen LogP contribution in [0.4, 0.5) is 0 Å². The Balaban J connectivity index is 1.99. The van der Waals surface area contributed by atoms with Crippen LogP contribution in [0.1, 0.15) is 16.8 Å². The van der Waals surface area contributed by atoms with E-state index in [2.05, 4.69) is 9.72 Å². The van der Waals surface area contributed by atoms with Gasteiger partial charge < -0.3 is 15.4 Å². The second kappa shape index (κ2) is 6.34. The highest BCUT2D eigenvalue weighted by atomic mass is 16.5. The molecule has 1 unspecified atom stereocenters. The van der Waals surface area contributed by atoms with Gasteiger partial charge in [0.05, 0.1) is 7.11 Å². The largest absolute Gasteiger partial charge is 0.467 e. The van der Waals surface area contributed by atoms with Gasteiger partial charge in [-0.1, -0.05) is 0 Å². The number of ether oxygens (including phenoxy) is 1. The second-order valence-electron chi connectivity index (χ2n) is 5.64. The molecular weight excluding hydrogens is 328 g/mol. The fraction of sp³-hybridized carbons (Fsp3) is 0.312. The van der Waals surface area contributed by atoms with Crippen LogP contribution in [0.2, 0.25) is 0 Å². The third kappa shape index (κ3) is 2.84. The lowest BCUT2D eigenvalue weighted by molar-refractivity contribution is -0.160. The Kier molecular flexibility index (Phi) is 4.22. The summed E-state index contributed by atoms with van der Waals surface area (Å²) in [6, 6.07) is 4.02. The molecule has 0 spiro atoms. The number of nitrogens with zero attached hydrogens (tertiary/aromatic N) is 3. The highest BCUT2D eigenvalue weighted by molar-refractivity contribution is 5.96. The van der Waals surface area contributed by atoms with Gasteiger partial charge in [0.15, 0.2) is 0 Å². The molecule has 0 bridgehead atoms. The number of fused-ring (bicyclic) bond motifs is 1. The molecule has 9 nitrogen and oxygen atoms in total. The number of carbonyl (C=O) groups is 3. The number of esters is 1. The maximum Gasteiger partial charge on any atom is 0.328 e. The molecule has 0 aliphatic carbocycles. The van der Waals surface area contributed by atoms with Gasteiger partial charge in [-0.25, -0.2) is 9.78 Å². The summed E-state index contributed by atoms with van der Waals surface area (Å²) in [6.45, 7) is 0.0508. The SMILES string of the molecule is COC(=O)C1CCN1C(=O)Cn1c(=O)c(C(N)=O)cc2cccnc21. The molecule has 2 aromatic heterocycles. The first-order valence-corrected chi connectivity index (χ1v) is 7.59. The Morgan fingerprint density at radius 2 is 2.16 bits per heavy atom. The van der Waals surface area contributed by atoms with E-state index in [1.54, 1.807) is 12.1 Å². The standard InChI is InChI=1S/C16H16N4O5/c1-25-16(24)11-4-6-19(11)12(21)8-20-14-9(3-2-5-18-14)7-10(13(17)22)15(20)23/h2-3,5,7,11H,4,6,8H2,1H3,(H2,17,22). The van der Waals surface area contributed by atoms with Crippen LogP contribution in [-0.2, 0) is 20.9 Å². The van der Waals surface area contributed by atoms with Crippen molar-refractivity contribution in [3.05, 3.63) is 40.3 Å². The van der Waals surface area contributed by atoms with Crippen molar-refractivity contribution in [3.63, 3.8) is 0 Å². The molecule has 2 aromatic rings. The number of nitrogens with two attached hydrogens (primary N) is 1. The predicted molar refractivity (Wildman–Crippen MR) is 86.7 cm³/mol. The van der Waals surface area contributed by atoms with Crippen molar-refractivity contribution >= 4 is 28.8 Å². The normalized spacial score (nSPS) is 16.4. The molecule has 25 heavy (non-hydrogen) atoms. The molecule has 130 valence electrons. The van der Waals surface area contributed by atoms with Crippen LogP contribution in [0.25, 0.3) is 11.0 Å². The molecule has 2 N–H and O–H groups in total. The number of likely N-dealkylation sites (tertiary alicyclic amines) is 1. The van der Waals surface area contributed by atoms with Crippen LogP contribution in [0.5, 0.6) is 0 Å². The number of primary amides is 1. The molecule has 0 aromatic carbocycles. The molecule has 3 rings (SSSR count). The average molecular weight is 344 g/mol. The minimum atomic E-state index is -0.881. The summed E-state index contributed by atoms with van der Waals surface area (Å²) < 4.78 is 5.76. The van der Waals surface area contributed by atoms with E-state index >= 15 is 0 Å². The van der Waals surface area contributed by atoms with E-state index in [9.17, 15) is 19.2 Å². The number of rotatable bonds is 4. The monoisotopic (exact) mass is 344 g/mol. The van der Waals surface area contributed by atoms with Crippen LogP contribution in [-0.4, -0.2) is 51.9 Å². The van der Waals surface area contributed by atoms with Gasteiger partial charge in [0.25, 0.3) is 11.5 Å². The molecular formula is C16H16N4O5. The number of aromatic nitrogens is 2.